The number of likely N-dealkylation sites (tertiary alicyclic amines) is 1. The van der Waals surface area contributed by atoms with Crippen LogP contribution in [0.2, 0.25) is 0 Å². The van der Waals surface area contributed by atoms with Gasteiger partial charge in [0.25, 0.3) is 5.91 Å². The van der Waals surface area contributed by atoms with E-state index in [1.165, 1.54) is 28.8 Å². The number of hydrogen-bond acceptors (Lipinski definition) is 5. The minimum atomic E-state index is -1.10. The van der Waals surface area contributed by atoms with Gasteiger partial charge in [0.2, 0.25) is 5.82 Å². The van der Waals surface area contributed by atoms with Crippen molar-refractivity contribution in [3.8, 4) is 5.69 Å². The molecule has 2 heterocycles. The third-order valence-corrected chi connectivity index (χ3v) is 4.53. The van der Waals surface area contributed by atoms with Crippen LogP contribution in [0, 0.1) is 5.82 Å². The second-order valence-electron chi connectivity index (χ2n) is 6.74. The fraction of sp³-hybridized carbons (Fsp3) is 0.444. The number of ether oxygens (including phenoxy) is 1. The van der Waals surface area contributed by atoms with Crippen LogP contribution in [0.25, 0.3) is 5.69 Å². The van der Waals surface area contributed by atoms with Crippen LogP contribution in [0.5, 0.6) is 0 Å². The Labute approximate surface area is 155 Å². The molecule has 2 aromatic rings. The first kappa shape index (κ1) is 19.0. The number of nitrogens with zero attached hydrogens (tertiary/aromatic N) is 4. The van der Waals surface area contributed by atoms with Crippen molar-refractivity contribution in [2.75, 3.05) is 13.7 Å². The summed E-state index contributed by atoms with van der Waals surface area (Å²) in [5.41, 5.74) is 0.441. The third-order valence-electron chi connectivity index (χ3n) is 4.53. The predicted molar refractivity (Wildman–Crippen MR) is 93.3 cm³/mol. The van der Waals surface area contributed by atoms with Crippen LogP contribution in [0.15, 0.2) is 24.3 Å². The summed E-state index contributed by atoms with van der Waals surface area (Å²) in [7, 11) is 1.48. The first-order chi connectivity index (χ1) is 12.8. The number of halogens is 1. The molecular formula is C18H21FN4O4. The minimum absolute atomic E-state index is 0.0807. The molecule has 0 saturated carbocycles. The maximum absolute atomic E-state index is 13.6. The number of hydrogen-bond donors (Lipinski definition) is 1. The molecule has 1 aromatic heterocycles. The Kier molecular flexibility index (Phi) is 5.22. The Hall–Kier alpha value is -2.81. The maximum atomic E-state index is 13.6. The van der Waals surface area contributed by atoms with Gasteiger partial charge >= 0.3 is 5.97 Å². The van der Waals surface area contributed by atoms with Crippen LogP contribution in [-0.2, 0) is 9.53 Å². The molecule has 1 aromatic carbocycles. The van der Waals surface area contributed by atoms with Crippen molar-refractivity contribution in [3.05, 3.63) is 41.7 Å². The average molecular weight is 376 g/mol. The monoisotopic (exact) mass is 376 g/mol. The summed E-state index contributed by atoms with van der Waals surface area (Å²) in [6.07, 6.45) is -0.149. The van der Waals surface area contributed by atoms with Gasteiger partial charge in [-0.25, -0.2) is 18.9 Å². The minimum Gasteiger partial charge on any atom is -0.480 e. The number of aliphatic carboxylic acids is 1. The van der Waals surface area contributed by atoms with Crippen LogP contribution in [-0.4, -0.2) is 62.4 Å². The third kappa shape index (κ3) is 3.68. The smallest absolute Gasteiger partial charge is 0.326 e. The molecule has 2 unspecified atom stereocenters. The lowest BCUT2D eigenvalue weighted by atomic mass is 10.2. The van der Waals surface area contributed by atoms with Crippen LogP contribution in [0.4, 0.5) is 4.39 Å². The lowest BCUT2D eigenvalue weighted by Gasteiger charge is -2.19. The molecule has 3 rings (SSSR count). The van der Waals surface area contributed by atoms with Crippen LogP contribution in [0.1, 0.15) is 42.6 Å². The van der Waals surface area contributed by atoms with Gasteiger partial charge in [-0.1, -0.05) is 19.9 Å². The zero-order valence-electron chi connectivity index (χ0n) is 15.3. The van der Waals surface area contributed by atoms with E-state index < -0.39 is 23.7 Å². The number of aromatic nitrogens is 3. The lowest BCUT2D eigenvalue weighted by molar-refractivity contribution is -0.141. The first-order valence-electron chi connectivity index (χ1n) is 8.61. The Morgan fingerprint density at radius 1 is 1.37 bits per heavy atom. The van der Waals surface area contributed by atoms with E-state index in [2.05, 4.69) is 10.1 Å². The predicted octanol–water partition coefficient (Wildman–Crippen LogP) is 1.84. The van der Waals surface area contributed by atoms with Crippen molar-refractivity contribution in [3.63, 3.8) is 0 Å². The number of carbonyl (C=O) groups is 2. The maximum Gasteiger partial charge on any atom is 0.326 e. The summed E-state index contributed by atoms with van der Waals surface area (Å²) < 4.78 is 20.2. The molecule has 0 aliphatic carbocycles. The zero-order chi connectivity index (χ0) is 19.7. The number of methoxy groups -OCH3 is 1. The topological polar surface area (TPSA) is 97.5 Å². The summed E-state index contributed by atoms with van der Waals surface area (Å²) in [4.78, 5) is 29.9. The number of carboxylic acids is 1. The second kappa shape index (κ2) is 7.43. The lowest BCUT2D eigenvalue weighted by Crippen LogP contribution is -2.41. The highest BCUT2D eigenvalue weighted by Crippen LogP contribution is 2.24. The SMILES string of the molecule is COC1CC(C(=O)O)N(C(=O)c2nc(C(C)C)n(-c3cccc(F)c3)n2)C1. The quantitative estimate of drug-likeness (QED) is 0.855. The molecule has 0 radical (unpaired) electrons. The van der Waals surface area contributed by atoms with Crippen molar-refractivity contribution < 1.29 is 23.8 Å². The number of carboxylic acid groups (broad SMARTS) is 1. The number of amides is 1. The van der Waals surface area contributed by atoms with E-state index in [-0.39, 0.29) is 30.8 Å². The van der Waals surface area contributed by atoms with Gasteiger partial charge in [-0.3, -0.25) is 4.79 Å². The molecule has 2 atom stereocenters. The van der Waals surface area contributed by atoms with E-state index in [0.717, 1.165) is 0 Å². The van der Waals surface area contributed by atoms with Crippen molar-refractivity contribution in [2.24, 2.45) is 0 Å². The molecule has 8 nitrogen and oxygen atoms in total. The molecule has 144 valence electrons. The summed E-state index contributed by atoms with van der Waals surface area (Å²) in [6, 6.07) is 4.82. The van der Waals surface area contributed by atoms with Gasteiger partial charge < -0.3 is 14.7 Å². The largest absolute Gasteiger partial charge is 0.480 e. The Morgan fingerprint density at radius 3 is 2.70 bits per heavy atom. The average Bonchev–Trinajstić information content (AvgIpc) is 3.26. The van der Waals surface area contributed by atoms with Gasteiger partial charge in [0.15, 0.2) is 0 Å². The van der Waals surface area contributed by atoms with Gasteiger partial charge in [-0.2, -0.15) is 0 Å². The standard InChI is InChI=1S/C18H21FN4O4/c1-10(2)16-20-15(21-23(16)12-6-4-5-11(19)7-12)17(24)22-9-13(27-3)8-14(22)18(25)26/h4-7,10,13-14H,8-9H2,1-3H3,(H,25,26). The summed E-state index contributed by atoms with van der Waals surface area (Å²) in [5, 5.41) is 13.7. The Bertz CT molecular complexity index is 867. The highest BCUT2D eigenvalue weighted by atomic mass is 19.1. The summed E-state index contributed by atoms with van der Waals surface area (Å²) >= 11 is 0. The molecule has 0 bridgehead atoms. The van der Waals surface area contributed by atoms with Crippen molar-refractivity contribution >= 4 is 11.9 Å². The van der Waals surface area contributed by atoms with E-state index in [9.17, 15) is 19.1 Å². The van der Waals surface area contributed by atoms with Crippen LogP contribution in [0.3, 0.4) is 0 Å². The van der Waals surface area contributed by atoms with Gasteiger partial charge in [0.05, 0.1) is 11.8 Å². The Balaban J connectivity index is 1.98. The molecule has 1 saturated heterocycles. The van der Waals surface area contributed by atoms with E-state index in [4.69, 9.17) is 4.74 Å². The highest BCUT2D eigenvalue weighted by Gasteiger charge is 2.41. The summed E-state index contributed by atoms with van der Waals surface area (Å²) in [5.74, 6) is -1.83. The molecule has 9 heteroatoms. The van der Waals surface area contributed by atoms with E-state index in [1.54, 1.807) is 12.1 Å². The second-order valence-corrected chi connectivity index (χ2v) is 6.74. The number of benzene rings is 1. The molecule has 1 aliphatic heterocycles. The van der Waals surface area contributed by atoms with Gasteiger partial charge in [-0.15, -0.1) is 5.10 Å². The first-order valence-corrected chi connectivity index (χ1v) is 8.61. The molecule has 1 N–H and O–H groups in total. The van der Waals surface area contributed by atoms with Crippen molar-refractivity contribution in [2.45, 2.75) is 38.3 Å². The fourth-order valence-electron chi connectivity index (χ4n) is 3.14. The molecule has 1 amide bonds. The fourth-order valence-corrected chi connectivity index (χ4v) is 3.14. The molecule has 1 aliphatic rings. The van der Waals surface area contributed by atoms with E-state index in [0.29, 0.717) is 11.5 Å². The number of carbonyl (C=O) groups excluding carboxylic acids is 1. The summed E-state index contributed by atoms with van der Waals surface area (Å²) in [6.45, 7) is 3.91. The Morgan fingerprint density at radius 2 is 2.11 bits per heavy atom. The van der Waals surface area contributed by atoms with Crippen molar-refractivity contribution in [1.29, 1.82) is 0 Å². The van der Waals surface area contributed by atoms with E-state index >= 15 is 0 Å². The highest BCUT2D eigenvalue weighted by molar-refractivity contribution is 5.94. The van der Waals surface area contributed by atoms with Crippen LogP contribution >= 0.6 is 0 Å². The number of rotatable bonds is 5. The van der Waals surface area contributed by atoms with Crippen molar-refractivity contribution in [1.82, 2.24) is 19.7 Å². The molecule has 27 heavy (non-hydrogen) atoms. The molecule has 0 spiro atoms. The molecule has 1 fully saturated rings. The van der Waals surface area contributed by atoms with Gasteiger partial charge in [0, 0.05) is 26.0 Å². The van der Waals surface area contributed by atoms with Gasteiger partial charge in [-0.05, 0) is 18.2 Å². The van der Waals surface area contributed by atoms with Crippen LogP contribution < -0.4 is 0 Å². The zero-order valence-corrected chi connectivity index (χ0v) is 15.3. The molecular weight excluding hydrogens is 355 g/mol. The normalized spacial score (nSPS) is 19.7. The van der Waals surface area contributed by atoms with Gasteiger partial charge in [0.1, 0.15) is 17.7 Å². The van der Waals surface area contributed by atoms with E-state index in [1.807, 2.05) is 13.8 Å².